The first-order valence-corrected chi connectivity index (χ1v) is 10.8. The first-order chi connectivity index (χ1) is 14.3. The zero-order chi connectivity index (χ0) is 22.5. The number of phenols is 1. The molecule has 1 amide bonds. The number of rotatable bonds is 12. The van der Waals surface area contributed by atoms with Crippen LogP contribution in [0.4, 0.5) is 4.79 Å². The average molecular weight is 418 g/mol. The predicted molar refractivity (Wildman–Crippen MR) is 123 cm³/mol. The van der Waals surface area contributed by atoms with E-state index in [-0.39, 0.29) is 12.5 Å². The molecule has 0 atom stereocenters. The van der Waals surface area contributed by atoms with Crippen molar-refractivity contribution in [1.82, 2.24) is 4.90 Å². The van der Waals surface area contributed by atoms with Gasteiger partial charge in [0.2, 0.25) is 0 Å². The van der Waals surface area contributed by atoms with Gasteiger partial charge in [-0.15, -0.1) is 0 Å². The van der Waals surface area contributed by atoms with Crippen molar-refractivity contribution >= 4 is 6.09 Å². The van der Waals surface area contributed by atoms with Gasteiger partial charge in [-0.3, -0.25) is 4.90 Å². The number of nitrogens with zero attached hydrogens (tertiary/aromatic N) is 1. The summed E-state index contributed by atoms with van der Waals surface area (Å²) in [7, 11) is 2.96. The lowest BCUT2D eigenvalue weighted by Crippen LogP contribution is -2.30. The number of ether oxygens (including phenoxy) is 2. The Morgan fingerprint density at radius 1 is 1.17 bits per heavy atom. The largest absolute Gasteiger partial charge is 0.508 e. The molecule has 0 bridgehead atoms. The second kappa shape index (κ2) is 13.7. The third kappa shape index (κ3) is 9.38. The molecule has 0 fully saturated rings. The smallest absolute Gasteiger partial charge is 0.411 e. The van der Waals surface area contributed by atoms with E-state index >= 15 is 0 Å². The highest BCUT2D eigenvalue weighted by Crippen LogP contribution is 2.32. The van der Waals surface area contributed by atoms with Crippen molar-refractivity contribution in [2.75, 3.05) is 20.9 Å². The molecule has 5 heteroatoms. The fourth-order valence-electron chi connectivity index (χ4n) is 3.09. The fourth-order valence-corrected chi connectivity index (χ4v) is 3.09. The maximum Gasteiger partial charge on any atom is 0.411 e. The minimum Gasteiger partial charge on any atom is -0.508 e. The molecule has 30 heavy (non-hydrogen) atoms. The van der Waals surface area contributed by atoms with Crippen molar-refractivity contribution in [1.29, 1.82) is 0 Å². The molecule has 1 N–H and O–H groups in total. The lowest BCUT2D eigenvalue weighted by atomic mass is 10.00. The molecule has 5 nitrogen and oxygen atoms in total. The van der Waals surface area contributed by atoms with E-state index in [1.165, 1.54) is 23.2 Å². The van der Waals surface area contributed by atoms with Crippen LogP contribution in [0.2, 0.25) is 0 Å². The highest BCUT2D eigenvalue weighted by Gasteiger charge is 2.14. The van der Waals surface area contributed by atoms with Crippen LogP contribution < -0.4 is 4.74 Å². The lowest BCUT2D eigenvalue weighted by Gasteiger charge is -2.19. The highest BCUT2D eigenvalue weighted by molar-refractivity contribution is 5.66. The molecule has 0 heterocycles. The van der Waals surface area contributed by atoms with Crippen LogP contribution >= 0.6 is 0 Å². The average Bonchev–Trinajstić information content (AvgIpc) is 2.70. The molecular weight excluding hydrogens is 378 g/mol. The van der Waals surface area contributed by atoms with Crippen LogP contribution in [0.15, 0.2) is 35.4 Å². The second-order valence-corrected chi connectivity index (χ2v) is 8.06. The zero-order valence-corrected chi connectivity index (χ0v) is 19.6. The number of hydrogen-bond donors (Lipinski definition) is 1. The number of aryl methyl sites for hydroxylation is 1. The van der Waals surface area contributed by atoms with Crippen molar-refractivity contribution in [2.24, 2.45) is 0 Å². The summed E-state index contributed by atoms with van der Waals surface area (Å²) in [5.74, 6) is 0.860. The molecule has 168 valence electrons. The number of carbonyl (C=O) groups excluding carboxylic acids is 1. The molecule has 1 aromatic carbocycles. The van der Waals surface area contributed by atoms with Crippen LogP contribution in [0.3, 0.4) is 0 Å². The van der Waals surface area contributed by atoms with Gasteiger partial charge in [-0.25, -0.2) is 4.79 Å². The topological polar surface area (TPSA) is 59.0 Å². The van der Waals surface area contributed by atoms with E-state index in [0.29, 0.717) is 12.2 Å². The second-order valence-electron chi connectivity index (χ2n) is 8.06. The van der Waals surface area contributed by atoms with Crippen molar-refractivity contribution < 1.29 is 19.4 Å². The van der Waals surface area contributed by atoms with Gasteiger partial charge >= 0.3 is 6.09 Å². The fraction of sp³-hybridized carbons (Fsp3) is 0.560. The third-order valence-corrected chi connectivity index (χ3v) is 4.96. The molecule has 0 saturated heterocycles. The van der Waals surface area contributed by atoms with Crippen molar-refractivity contribution in [3.8, 4) is 11.5 Å². The highest BCUT2D eigenvalue weighted by atomic mass is 16.6. The Morgan fingerprint density at radius 3 is 2.53 bits per heavy atom. The Morgan fingerprint density at radius 2 is 1.90 bits per heavy atom. The molecule has 0 unspecified atom stereocenters. The molecule has 0 saturated carbocycles. The number of hydrogen-bond acceptors (Lipinski definition) is 4. The quantitative estimate of drug-likeness (QED) is 0.243. The van der Waals surface area contributed by atoms with Crippen LogP contribution in [0.25, 0.3) is 0 Å². The van der Waals surface area contributed by atoms with E-state index in [1.807, 2.05) is 12.1 Å². The van der Waals surface area contributed by atoms with Crippen LogP contribution in [-0.4, -0.2) is 37.0 Å². The summed E-state index contributed by atoms with van der Waals surface area (Å²) in [6.07, 6.45) is 10.8. The molecule has 1 rings (SSSR count). The lowest BCUT2D eigenvalue weighted by molar-refractivity contribution is 0.0978. The normalized spacial score (nSPS) is 11.2. The molecule has 0 aliphatic rings. The monoisotopic (exact) mass is 417 g/mol. The molecular formula is C25H39NO4. The Hall–Kier alpha value is -2.43. The van der Waals surface area contributed by atoms with Gasteiger partial charge in [0.1, 0.15) is 11.5 Å². The van der Waals surface area contributed by atoms with Crippen molar-refractivity contribution in [3.05, 3.63) is 46.6 Å². The Bertz CT molecular complexity index is 733. The number of methoxy groups -OCH3 is 1. The van der Waals surface area contributed by atoms with Gasteiger partial charge < -0.3 is 14.6 Å². The standard InChI is InChI=1S/C25H39NO4/c1-7-8-9-13-21-16-23(27)22(15-14-20(4)12-10-11-19(2)3)24(17-21)30-18-26(5)25(28)29-6/h11,14,16-17,27H,7-10,12-13,15,18H2,1-6H3/b20-14+. The van der Waals surface area contributed by atoms with E-state index in [0.717, 1.165) is 49.7 Å². The molecule has 0 aliphatic carbocycles. The first-order valence-electron chi connectivity index (χ1n) is 10.8. The molecule has 0 aromatic heterocycles. The maximum absolute atomic E-state index is 11.6. The molecule has 1 aromatic rings. The van der Waals surface area contributed by atoms with Gasteiger partial charge in [0.05, 0.1) is 7.11 Å². The van der Waals surface area contributed by atoms with E-state index in [2.05, 4.69) is 39.8 Å². The number of carbonyl (C=O) groups is 1. The van der Waals surface area contributed by atoms with Crippen LogP contribution in [0.5, 0.6) is 11.5 Å². The van der Waals surface area contributed by atoms with E-state index in [9.17, 15) is 9.90 Å². The predicted octanol–water partition coefficient (Wildman–Crippen LogP) is 6.39. The van der Waals surface area contributed by atoms with Gasteiger partial charge in [0, 0.05) is 12.6 Å². The van der Waals surface area contributed by atoms with Crippen LogP contribution in [0.1, 0.15) is 70.9 Å². The van der Waals surface area contributed by atoms with Crippen molar-refractivity contribution in [3.63, 3.8) is 0 Å². The van der Waals surface area contributed by atoms with Crippen LogP contribution in [0, 0.1) is 0 Å². The number of phenolic OH excluding ortho intramolecular Hbond substituents is 1. The zero-order valence-electron chi connectivity index (χ0n) is 19.6. The number of amides is 1. The van der Waals surface area contributed by atoms with Crippen LogP contribution in [-0.2, 0) is 17.6 Å². The van der Waals surface area contributed by atoms with Crippen molar-refractivity contribution in [2.45, 2.75) is 72.6 Å². The summed E-state index contributed by atoms with van der Waals surface area (Å²) >= 11 is 0. The summed E-state index contributed by atoms with van der Waals surface area (Å²) in [5, 5.41) is 10.7. The Balaban J connectivity index is 3.00. The van der Waals surface area contributed by atoms with Gasteiger partial charge in [-0.1, -0.05) is 43.1 Å². The summed E-state index contributed by atoms with van der Waals surface area (Å²) in [6, 6.07) is 3.83. The van der Waals surface area contributed by atoms with Gasteiger partial charge in [0.15, 0.2) is 6.73 Å². The Kier molecular flexibility index (Phi) is 11.7. The van der Waals surface area contributed by atoms with Gasteiger partial charge in [0.25, 0.3) is 0 Å². The van der Waals surface area contributed by atoms with Gasteiger partial charge in [-0.2, -0.15) is 0 Å². The minimum atomic E-state index is -0.463. The minimum absolute atomic E-state index is 0.0563. The van der Waals surface area contributed by atoms with E-state index in [4.69, 9.17) is 9.47 Å². The number of aromatic hydroxyl groups is 1. The number of allylic oxidation sites excluding steroid dienone is 4. The maximum atomic E-state index is 11.6. The summed E-state index contributed by atoms with van der Waals surface area (Å²) in [5.41, 5.74) is 4.39. The third-order valence-electron chi connectivity index (χ3n) is 4.96. The summed E-state index contributed by atoms with van der Waals surface area (Å²) < 4.78 is 10.6. The molecule has 0 aliphatic heterocycles. The molecule has 0 radical (unpaired) electrons. The number of benzene rings is 1. The first kappa shape index (κ1) is 25.6. The van der Waals surface area contributed by atoms with E-state index in [1.54, 1.807) is 7.05 Å². The number of unbranched alkanes of at least 4 members (excludes halogenated alkanes) is 2. The van der Waals surface area contributed by atoms with E-state index < -0.39 is 6.09 Å². The Labute approximate surface area is 182 Å². The molecule has 0 spiro atoms. The SMILES string of the molecule is CCCCCc1cc(O)c(C/C=C(\C)CCC=C(C)C)c(OCN(C)C(=O)OC)c1. The summed E-state index contributed by atoms with van der Waals surface area (Å²) in [4.78, 5) is 13.0. The van der Waals surface area contributed by atoms with Gasteiger partial charge in [-0.05, 0) is 70.6 Å². The summed E-state index contributed by atoms with van der Waals surface area (Å²) in [6.45, 7) is 8.55.